The fourth-order valence-corrected chi connectivity index (χ4v) is 1.67. The van der Waals surface area contributed by atoms with Crippen molar-refractivity contribution in [2.45, 2.75) is 26.2 Å². The molecule has 0 fully saturated rings. The molecule has 0 heterocycles. The van der Waals surface area contributed by atoms with Crippen molar-refractivity contribution in [1.29, 1.82) is 0 Å². The largest absolute Gasteiger partial charge is 0.369 e. The monoisotopic (exact) mass is 191 g/mol. The minimum Gasteiger partial charge on any atom is -0.369 e. The summed E-state index contributed by atoms with van der Waals surface area (Å²) in [4.78, 5) is 11.3. The molecular weight excluding hydrogens is 174 g/mol. The topological polar surface area (TPSA) is 43.1 Å². The Morgan fingerprint density at radius 1 is 1.36 bits per heavy atom. The lowest BCUT2D eigenvalue weighted by Gasteiger charge is -2.19. The number of benzene rings is 1. The summed E-state index contributed by atoms with van der Waals surface area (Å²) in [5.41, 5.74) is 6.43. The average molecular weight is 191 g/mol. The van der Waals surface area contributed by atoms with Crippen LogP contribution >= 0.6 is 0 Å². The molecule has 0 radical (unpaired) electrons. The van der Waals surface area contributed by atoms with E-state index < -0.39 is 0 Å². The SMILES string of the molecule is CC[C@H](C)[C@@H](C(N)=O)c1ccccc1. The predicted molar refractivity (Wildman–Crippen MR) is 57.8 cm³/mol. The number of carbonyl (C=O) groups excluding carboxylic acids is 1. The van der Waals surface area contributed by atoms with Gasteiger partial charge >= 0.3 is 0 Å². The summed E-state index contributed by atoms with van der Waals surface area (Å²) in [6.07, 6.45) is 0.961. The van der Waals surface area contributed by atoms with E-state index in [1.54, 1.807) is 0 Å². The highest BCUT2D eigenvalue weighted by Crippen LogP contribution is 2.26. The molecule has 1 amide bonds. The Kier molecular flexibility index (Phi) is 3.69. The lowest BCUT2D eigenvalue weighted by atomic mass is 9.85. The lowest BCUT2D eigenvalue weighted by molar-refractivity contribution is -0.120. The minimum absolute atomic E-state index is 0.152. The van der Waals surface area contributed by atoms with Crippen LogP contribution in [0.25, 0.3) is 0 Å². The summed E-state index contributed by atoms with van der Waals surface area (Å²) < 4.78 is 0. The van der Waals surface area contributed by atoms with Crippen LogP contribution < -0.4 is 5.73 Å². The maximum absolute atomic E-state index is 11.3. The van der Waals surface area contributed by atoms with Gasteiger partial charge in [0, 0.05) is 0 Å². The highest BCUT2D eigenvalue weighted by atomic mass is 16.1. The molecule has 1 rings (SSSR count). The second-order valence-corrected chi connectivity index (χ2v) is 3.68. The second kappa shape index (κ2) is 4.80. The smallest absolute Gasteiger partial charge is 0.225 e. The molecule has 0 aliphatic carbocycles. The van der Waals surface area contributed by atoms with Gasteiger partial charge in [-0.1, -0.05) is 50.6 Å². The first-order valence-corrected chi connectivity index (χ1v) is 5.01. The quantitative estimate of drug-likeness (QED) is 0.779. The minimum atomic E-state index is -0.231. The molecule has 1 aromatic rings. The molecule has 0 aliphatic heterocycles. The van der Waals surface area contributed by atoms with Gasteiger partial charge in [-0.05, 0) is 11.5 Å². The first-order chi connectivity index (χ1) is 6.66. The number of hydrogen-bond donors (Lipinski definition) is 1. The van der Waals surface area contributed by atoms with Gasteiger partial charge in [-0.15, -0.1) is 0 Å². The maximum atomic E-state index is 11.3. The molecule has 14 heavy (non-hydrogen) atoms. The van der Waals surface area contributed by atoms with E-state index in [2.05, 4.69) is 13.8 Å². The van der Waals surface area contributed by atoms with Crippen molar-refractivity contribution in [1.82, 2.24) is 0 Å². The van der Waals surface area contributed by atoms with Gasteiger partial charge in [-0.2, -0.15) is 0 Å². The molecule has 0 spiro atoms. The zero-order chi connectivity index (χ0) is 10.6. The Morgan fingerprint density at radius 3 is 2.36 bits per heavy atom. The highest BCUT2D eigenvalue weighted by molar-refractivity contribution is 5.82. The fraction of sp³-hybridized carbons (Fsp3) is 0.417. The molecule has 2 atom stereocenters. The zero-order valence-corrected chi connectivity index (χ0v) is 8.73. The molecular formula is C12H17NO. The first kappa shape index (κ1) is 10.8. The van der Waals surface area contributed by atoms with Crippen LogP contribution in [-0.4, -0.2) is 5.91 Å². The average Bonchev–Trinajstić information content (AvgIpc) is 2.19. The summed E-state index contributed by atoms with van der Waals surface area (Å²) in [6, 6.07) is 9.74. The summed E-state index contributed by atoms with van der Waals surface area (Å²) >= 11 is 0. The van der Waals surface area contributed by atoms with Crippen LogP contribution in [0.4, 0.5) is 0 Å². The van der Waals surface area contributed by atoms with E-state index in [4.69, 9.17) is 5.73 Å². The number of rotatable bonds is 4. The molecule has 0 saturated carbocycles. The van der Waals surface area contributed by atoms with Gasteiger partial charge in [0.15, 0.2) is 0 Å². The van der Waals surface area contributed by atoms with Crippen molar-refractivity contribution >= 4 is 5.91 Å². The number of nitrogens with two attached hydrogens (primary N) is 1. The van der Waals surface area contributed by atoms with E-state index in [1.165, 1.54) is 0 Å². The molecule has 2 nitrogen and oxygen atoms in total. The van der Waals surface area contributed by atoms with Gasteiger partial charge < -0.3 is 5.73 Å². The van der Waals surface area contributed by atoms with Gasteiger partial charge in [0.2, 0.25) is 5.91 Å². The molecule has 0 aromatic heterocycles. The van der Waals surface area contributed by atoms with Crippen molar-refractivity contribution in [3.05, 3.63) is 35.9 Å². The molecule has 0 unspecified atom stereocenters. The molecule has 2 heteroatoms. The number of amides is 1. The van der Waals surface area contributed by atoms with Crippen molar-refractivity contribution in [3.63, 3.8) is 0 Å². The lowest BCUT2D eigenvalue weighted by Crippen LogP contribution is -2.26. The van der Waals surface area contributed by atoms with Gasteiger partial charge in [0.05, 0.1) is 5.92 Å². The van der Waals surface area contributed by atoms with E-state index in [9.17, 15) is 4.79 Å². The third-order valence-corrected chi connectivity index (χ3v) is 2.68. The predicted octanol–water partition coefficient (Wildman–Crippen LogP) is 2.30. The zero-order valence-electron chi connectivity index (χ0n) is 8.73. The molecule has 0 bridgehead atoms. The van der Waals surface area contributed by atoms with Crippen LogP contribution in [0.3, 0.4) is 0 Å². The van der Waals surface area contributed by atoms with Crippen molar-refractivity contribution in [2.75, 3.05) is 0 Å². The van der Waals surface area contributed by atoms with Crippen LogP contribution in [0.2, 0.25) is 0 Å². The van der Waals surface area contributed by atoms with Crippen LogP contribution in [0.15, 0.2) is 30.3 Å². The summed E-state index contributed by atoms with van der Waals surface area (Å²) in [7, 11) is 0. The number of carbonyl (C=O) groups is 1. The molecule has 0 aliphatic rings. The van der Waals surface area contributed by atoms with Crippen LogP contribution in [0.1, 0.15) is 31.7 Å². The first-order valence-electron chi connectivity index (χ1n) is 5.01. The third kappa shape index (κ3) is 2.34. The number of primary amides is 1. The summed E-state index contributed by atoms with van der Waals surface area (Å²) in [5, 5.41) is 0. The van der Waals surface area contributed by atoms with Gasteiger partial charge in [0.1, 0.15) is 0 Å². The number of hydrogen-bond acceptors (Lipinski definition) is 1. The van der Waals surface area contributed by atoms with Crippen LogP contribution in [-0.2, 0) is 4.79 Å². The Bertz CT molecular complexity index is 294. The van der Waals surface area contributed by atoms with Gasteiger partial charge in [-0.25, -0.2) is 0 Å². The highest BCUT2D eigenvalue weighted by Gasteiger charge is 2.22. The normalized spacial score (nSPS) is 14.7. The summed E-state index contributed by atoms with van der Waals surface area (Å²) in [6.45, 7) is 4.13. The van der Waals surface area contributed by atoms with Crippen molar-refractivity contribution < 1.29 is 4.79 Å². The van der Waals surface area contributed by atoms with Crippen LogP contribution in [0.5, 0.6) is 0 Å². The van der Waals surface area contributed by atoms with Gasteiger partial charge in [-0.3, -0.25) is 4.79 Å². The summed E-state index contributed by atoms with van der Waals surface area (Å²) in [5.74, 6) is -0.0818. The molecule has 1 aromatic carbocycles. The van der Waals surface area contributed by atoms with E-state index in [-0.39, 0.29) is 11.8 Å². The molecule has 0 saturated heterocycles. The van der Waals surface area contributed by atoms with Crippen LogP contribution in [0, 0.1) is 5.92 Å². The Hall–Kier alpha value is -1.31. The molecule has 76 valence electrons. The molecule has 2 N–H and O–H groups in total. The van der Waals surface area contributed by atoms with E-state index in [0.717, 1.165) is 12.0 Å². The van der Waals surface area contributed by atoms with Crippen molar-refractivity contribution in [3.8, 4) is 0 Å². The van der Waals surface area contributed by atoms with E-state index in [0.29, 0.717) is 5.92 Å². The maximum Gasteiger partial charge on any atom is 0.225 e. The fourth-order valence-electron chi connectivity index (χ4n) is 1.67. The Balaban J connectivity index is 2.95. The van der Waals surface area contributed by atoms with E-state index in [1.807, 2.05) is 30.3 Å². The Labute approximate surface area is 85.1 Å². The van der Waals surface area contributed by atoms with Gasteiger partial charge in [0.25, 0.3) is 0 Å². The van der Waals surface area contributed by atoms with E-state index >= 15 is 0 Å². The standard InChI is InChI=1S/C12H17NO/c1-3-9(2)11(12(13)14)10-7-5-4-6-8-10/h4-9,11H,3H2,1-2H3,(H2,13,14)/t9-,11+/m0/s1. The van der Waals surface area contributed by atoms with Crippen molar-refractivity contribution in [2.24, 2.45) is 11.7 Å². The third-order valence-electron chi connectivity index (χ3n) is 2.68. The second-order valence-electron chi connectivity index (χ2n) is 3.68. The Morgan fingerprint density at radius 2 is 1.93 bits per heavy atom.